The Morgan fingerprint density at radius 2 is 1.83 bits per heavy atom. The number of fused-ring (bicyclic) bond motifs is 1. The lowest BCUT2D eigenvalue weighted by Gasteiger charge is -2.33. The number of hydrogen-bond acceptors (Lipinski definition) is 4. The van der Waals surface area contributed by atoms with Gasteiger partial charge in [0, 0.05) is 48.8 Å². The van der Waals surface area contributed by atoms with E-state index in [0.29, 0.717) is 37.3 Å². The number of aromatic amines is 1. The minimum Gasteiger partial charge on any atom is -0.360 e. The van der Waals surface area contributed by atoms with Gasteiger partial charge in [-0.25, -0.2) is 12.8 Å². The highest BCUT2D eigenvalue weighted by molar-refractivity contribution is 7.89. The zero-order valence-electron chi connectivity index (χ0n) is 16.1. The van der Waals surface area contributed by atoms with E-state index in [1.807, 2.05) is 29.2 Å². The van der Waals surface area contributed by atoms with Crippen molar-refractivity contribution in [1.29, 1.82) is 0 Å². The summed E-state index contributed by atoms with van der Waals surface area (Å²) in [6.07, 6.45) is 1.73. The molecule has 0 unspecified atom stereocenters. The second kappa shape index (κ2) is 7.70. The Morgan fingerprint density at radius 3 is 2.55 bits per heavy atom. The predicted octanol–water partition coefficient (Wildman–Crippen LogP) is 2.80. The fraction of sp³-hybridized carbons (Fsp3) is 0.286. The molecule has 1 saturated heterocycles. The molecule has 1 aliphatic heterocycles. The van der Waals surface area contributed by atoms with Gasteiger partial charge in [-0.2, -0.15) is 4.31 Å². The van der Waals surface area contributed by atoms with Crippen LogP contribution in [0.25, 0.3) is 10.9 Å². The smallest absolute Gasteiger partial charge is 0.243 e. The largest absolute Gasteiger partial charge is 0.360 e. The normalized spacial score (nSPS) is 16.3. The van der Waals surface area contributed by atoms with Crippen molar-refractivity contribution in [2.45, 2.75) is 11.8 Å². The number of halogens is 1. The predicted molar refractivity (Wildman–Crippen MR) is 109 cm³/mol. The number of rotatable bonds is 5. The zero-order chi connectivity index (χ0) is 20.6. The number of nitrogens with one attached hydrogen (secondary N) is 1. The summed E-state index contributed by atoms with van der Waals surface area (Å²) in [4.78, 5) is 17.9. The number of aryl methyl sites for hydroxylation is 1. The maximum Gasteiger partial charge on any atom is 0.243 e. The summed E-state index contributed by atoms with van der Waals surface area (Å²) in [6.45, 7) is 3.35. The highest BCUT2D eigenvalue weighted by Crippen LogP contribution is 2.23. The van der Waals surface area contributed by atoms with Crippen LogP contribution >= 0.6 is 0 Å². The number of ketones is 1. The molecule has 0 amide bonds. The first-order valence-corrected chi connectivity index (χ1v) is 10.9. The van der Waals surface area contributed by atoms with Crippen LogP contribution in [0.2, 0.25) is 0 Å². The van der Waals surface area contributed by atoms with Crippen LogP contribution in [0.4, 0.5) is 4.39 Å². The van der Waals surface area contributed by atoms with E-state index in [-0.39, 0.29) is 17.2 Å². The molecule has 1 fully saturated rings. The van der Waals surface area contributed by atoms with E-state index >= 15 is 0 Å². The molecule has 0 bridgehead atoms. The number of hydrogen-bond donors (Lipinski definition) is 1. The Balaban J connectivity index is 1.42. The maximum absolute atomic E-state index is 13.3. The highest BCUT2D eigenvalue weighted by atomic mass is 32.2. The summed E-state index contributed by atoms with van der Waals surface area (Å²) in [6, 6.07) is 11.3. The summed E-state index contributed by atoms with van der Waals surface area (Å²) in [5.41, 5.74) is 1.96. The molecule has 2 aromatic carbocycles. The number of sulfonamides is 1. The molecule has 0 saturated carbocycles. The third-order valence-corrected chi connectivity index (χ3v) is 7.40. The molecule has 3 aromatic rings. The average molecular weight is 415 g/mol. The van der Waals surface area contributed by atoms with Crippen LogP contribution in [0.3, 0.4) is 0 Å². The van der Waals surface area contributed by atoms with Crippen LogP contribution in [0, 0.1) is 12.7 Å². The Hall–Kier alpha value is -2.55. The second-order valence-electron chi connectivity index (χ2n) is 7.26. The third kappa shape index (κ3) is 3.83. The molecular weight excluding hydrogens is 393 g/mol. The third-order valence-electron chi connectivity index (χ3n) is 5.34. The number of H-pyrrole nitrogens is 1. The van der Waals surface area contributed by atoms with E-state index in [4.69, 9.17) is 0 Å². The molecule has 8 heteroatoms. The zero-order valence-corrected chi connectivity index (χ0v) is 16.9. The Labute approximate surface area is 169 Å². The van der Waals surface area contributed by atoms with Crippen LogP contribution < -0.4 is 0 Å². The second-order valence-corrected chi connectivity index (χ2v) is 9.17. The number of carbonyl (C=O) groups is 1. The number of benzene rings is 2. The van der Waals surface area contributed by atoms with E-state index in [2.05, 4.69) is 4.98 Å². The average Bonchev–Trinajstić information content (AvgIpc) is 3.12. The molecule has 0 aliphatic carbocycles. The molecule has 152 valence electrons. The lowest BCUT2D eigenvalue weighted by molar-refractivity contribution is 0.0903. The van der Waals surface area contributed by atoms with Crippen molar-refractivity contribution in [1.82, 2.24) is 14.2 Å². The SMILES string of the molecule is Cc1cc(F)ccc1S(=O)(=O)N1CCN(CC(=O)c2c[nH]c3ccccc23)CC1. The van der Waals surface area contributed by atoms with Gasteiger partial charge in [0.15, 0.2) is 5.78 Å². The van der Waals surface area contributed by atoms with Crippen molar-refractivity contribution in [2.75, 3.05) is 32.7 Å². The van der Waals surface area contributed by atoms with Gasteiger partial charge in [-0.15, -0.1) is 0 Å². The van der Waals surface area contributed by atoms with Crippen LogP contribution in [0.5, 0.6) is 0 Å². The van der Waals surface area contributed by atoms with Gasteiger partial charge in [0.2, 0.25) is 10.0 Å². The van der Waals surface area contributed by atoms with Gasteiger partial charge in [0.05, 0.1) is 11.4 Å². The van der Waals surface area contributed by atoms with Crippen molar-refractivity contribution in [3.63, 3.8) is 0 Å². The summed E-state index contributed by atoms with van der Waals surface area (Å²) in [5, 5.41) is 0.894. The quantitative estimate of drug-likeness (QED) is 0.651. The van der Waals surface area contributed by atoms with E-state index in [1.165, 1.54) is 16.4 Å². The summed E-state index contributed by atoms with van der Waals surface area (Å²) in [5.74, 6) is -0.449. The minimum absolute atomic E-state index is 0.00753. The first-order chi connectivity index (χ1) is 13.9. The fourth-order valence-corrected chi connectivity index (χ4v) is 5.39. The first-order valence-electron chi connectivity index (χ1n) is 9.44. The molecule has 0 radical (unpaired) electrons. The van der Waals surface area contributed by atoms with Crippen molar-refractivity contribution in [2.24, 2.45) is 0 Å². The number of nitrogens with zero attached hydrogens (tertiary/aromatic N) is 2. The number of Topliss-reactive ketones (excluding diaryl/α,β-unsaturated/α-hetero) is 1. The molecule has 0 spiro atoms. The summed E-state index contributed by atoms with van der Waals surface area (Å²) >= 11 is 0. The van der Waals surface area contributed by atoms with Gasteiger partial charge in [0.25, 0.3) is 0 Å². The molecule has 2 heterocycles. The number of carbonyl (C=O) groups excluding carboxylic acids is 1. The van der Waals surface area contributed by atoms with Crippen LogP contribution in [0.1, 0.15) is 15.9 Å². The van der Waals surface area contributed by atoms with E-state index in [0.717, 1.165) is 17.0 Å². The standard InChI is InChI=1S/C21H22FN3O3S/c1-15-12-16(22)6-7-21(15)29(27,28)25-10-8-24(9-11-25)14-20(26)18-13-23-19-5-3-2-4-17(18)19/h2-7,12-13,23H,8-11,14H2,1H3. The molecule has 1 aromatic heterocycles. The van der Waals surface area contributed by atoms with Crippen molar-refractivity contribution < 1.29 is 17.6 Å². The van der Waals surface area contributed by atoms with E-state index < -0.39 is 15.8 Å². The van der Waals surface area contributed by atoms with Crippen molar-refractivity contribution in [3.05, 3.63) is 65.6 Å². The lowest BCUT2D eigenvalue weighted by atomic mass is 10.1. The van der Waals surface area contributed by atoms with Gasteiger partial charge >= 0.3 is 0 Å². The monoisotopic (exact) mass is 415 g/mol. The summed E-state index contributed by atoms with van der Waals surface area (Å²) < 4.78 is 40.5. The van der Waals surface area contributed by atoms with Gasteiger partial charge in [-0.3, -0.25) is 9.69 Å². The van der Waals surface area contributed by atoms with Crippen molar-refractivity contribution >= 4 is 26.7 Å². The van der Waals surface area contributed by atoms with Gasteiger partial charge in [-0.05, 0) is 36.8 Å². The number of aromatic nitrogens is 1. The van der Waals surface area contributed by atoms with E-state index in [9.17, 15) is 17.6 Å². The number of para-hydroxylation sites is 1. The molecule has 29 heavy (non-hydrogen) atoms. The van der Waals surface area contributed by atoms with Gasteiger partial charge in [-0.1, -0.05) is 18.2 Å². The maximum atomic E-state index is 13.3. The lowest BCUT2D eigenvalue weighted by Crippen LogP contribution is -2.49. The van der Waals surface area contributed by atoms with Crippen LogP contribution in [0.15, 0.2) is 53.6 Å². The molecular formula is C21H22FN3O3S. The fourth-order valence-electron chi connectivity index (χ4n) is 3.76. The van der Waals surface area contributed by atoms with Gasteiger partial charge in [0.1, 0.15) is 5.82 Å². The van der Waals surface area contributed by atoms with Gasteiger partial charge < -0.3 is 4.98 Å². The molecule has 1 aliphatic rings. The number of piperazine rings is 1. The highest BCUT2D eigenvalue weighted by Gasteiger charge is 2.30. The molecule has 4 rings (SSSR count). The van der Waals surface area contributed by atoms with Crippen molar-refractivity contribution in [3.8, 4) is 0 Å². The summed E-state index contributed by atoms with van der Waals surface area (Å²) in [7, 11) is -3.68. The van der Waals surface area contributed by atoms with E-state index in [1.54, 1.807) is 13.1 Å². The van der Waals surface area contributed by atoms with Crippen LogP contribution in [-0.2, 0) is 10.0 Å². The molecule has 1 N–H and O–H groups in total. The first kappa shape index (κ1) is 19.8. The Morgan fingerprint density at radius 1 is 1.10 bits per heavy atom. The Kier molecular flexibility index (Phi) is 5.24. The minimum atomic E-state index is -3.68. The molecule has 6 nitrogen and oxygen atoms in total. The topological polar surface area (TPSA) is 73.5 Å². The molecule has 0 atom stereocenters. The Bertz CT molecular complexity index is 1160. The van der Waals surface area contributed by atoms with Crippen LogP contribution in [-0.4, -0.2) is 61.1 Å².